The lowest BCUT2D eigenvalue weighted by atomic mass is 9.78. The van der Waals surface area contributed by atoms with Gasteiger partial charge in [0.15, 0.2) is 0 Å². The summed E-state index contributed by atoms with van der Waals surface area (Å²) in [6.45, 7) is 7.02. The third-order valence-corrected chi connectivity index (χ3v) is 5.38. The van der Waals surface area contributed by atoms with Crippen LogP contribution in [0.15, 0.2) is 24.3 Å². The molecule has 2 rings (SSSR count). The molecule has 0 aliphatic carbocycles. The van der Waals surface area contributed by atoms with Gasteiger partial charge in [0.25, 0.3) is 0 Å². The van der Waals surface area contributed by atoms with Crippen molar-refractivity contribution in [2.45, 2.75) is 52.0 Å². The van der Waals surface area contributed by atoms with Crippen molar-refractivity contribution in [3.8, 4) is 6.07 Å². The number of likely N-dealkylation sites (N-methyl/N-ethyl adjacent to an activating group) is 1. The third kappa shape index (κ3) is 5.06. The largest absolute Gasteiger partial charge is 0.381 e. The Morgan fingerprint density at radius 2 is 2.00 bits per heavy atom. The van der Waals surface area contributed by atoms with Gasteiger partial charge in [0.2, 0.25) is 0 Å². The lowest BCUT2D eigenvalue weighted by molar-refractivity contribution is 0.0348. The minimum Gasteiger partial charge on any atom is -0.381 e. The van der Waals surface area contributed by atoms with Crippen LogP contribution in [0.2, 0.25) is 0 Å². The molecule has 23 heavy (non-hydrogen) atoms. The first kappa shape index (κ1) is 18.0. The second kappa shape index (κ2) is 8.47. The first-order valence-corrected chi connectivity index (χ1v) is 8.80. The minimum atomic E-state index is -0.141. The van der Waals surface area contributed by atoms with E-state index in [0.29, 0.717) is 6.04 Å². The van der Waals surface area contributed by atoms with E-state index in [1.165, 1.54) is 11.1 Å². The molecule has 0 saturated carbocycles. The van der Waals surface area contributed by atoms with Gasteiger partial charge in [-0.2, -0.15) is 5.26 Å². The van der Waals surface area contributed by atoms with Gasteiger partial charge in [-0.3, -0.25) is 0 Å². The molecule has 3 heteroatoms. The van der Waals surface area contributed by atoms with Crippen LogP contribution in [0.25, 0.3) is 0 Å². The molecule has 0 spiro atoms. The maximum Gasteiger partial charge on any atom is 0.0691 e. The highest BCUT2D eigenvalue weighted by molar-refractivity contribution is 5.26. The summed E-state index contributed by atoms with van der Waals surface area (Å²) in [6, 6.07) is 11.7. The van der Waals surface area contributed by atoms with Crippen molar-refractivity contribution in [1.82, 2.24) is 4.90 Å². The maximum atomic E-state index is 9.52. The van der Waals surface area contributed by atoms with E-state index < -0.39 is 0 Å². The van der Waals surface area contributed by atoms with Crippen molar-refractivity contribution in [1.29, 1.82) is 5.26 Å². The van der Waals surface area contributed by atoms with Gasteiger partial charge in [0.05, 0.1) is 11.5 Å². The van der Waals surface area contributed by atoms with Crippen molar-refractivity contribution in [2.24, 2.45) is 5.41 Å². The lowest BCUT2D eigenvalue weighted by Gasteiger charge is -2.32. The fourth-order valence-electron chi connectivity index (χ4n) is 3.38. The number of benzene rings is 1. The van der Waals surface area contributed by atoms with E-state index in [9.17, 15) is 5.26 Å². The van der Waals surface area contributed by atoms with Crippen LogP contribution in [0.1, 0.15) is 43.7 Å². The molecule has 1 aliphatic heterocycles. The zero-order valence-corrected chi connectivity index (χ0v) is 14.8. The molecular formula is C20H30N2O. The van der Waals surface area contributed by atoms with Gasteiger partial charge in [-0.05, 0) is 70.7 Å². The maximum absolute atomic E-state index is 9.52. The molecule has 1 atom stereocenters. The molecule has 3 nitrogen and oxygen atoms in total. The Morgan fingerprint density at radius 1 is 1.30 bits per heavy atom. The van der Waals surface area contributed by atoms with Gasteiger partial charge in [0, 0.05) is 19.3 Å². The SMILES string of the molecule is Cc1ccccc1C[C@H](C)N(C)CCCC1(C#N)CCOCC1. The molecule has 0 aromatic heterocycles. The Labute approximate surface area is 141 Å². The number of nitrogens with zero attached hydrogens (tertiary/aromatic N) is 2. The predicted octanol–water partition coefficient (Wildman–Crippen LogP) is 3.96. The Morgan fingerprint density at radius 3 is 2.65 bits per heavy atom. The van der Waals surface area contributed by atoms with Crippen LogP contribution in [-0.2, 0) is 11.2 Å². The summed E-state index contributed by atoms with van der Waals surface area (Å²) < 4.78 is 5.41. The first-order valence-electron chi connectivity index (χ1n) is 8.80. The molecule has 1 fully saturated rings. The molecule has 0 unspecified atom stereocenters. The third-order valence-electron chi connectivity index (χ3n) is 5.38. The molecule has 1 aromatic rings. The lowest BCUT2D eigenvalue weighted by Crippen LogP contribution is -2.34. The smallest absolute Gasteiger partial charge is 0.0691 e. The number of aryl methyl sites for hydroxylation is 1. The second-order valence-corrected chi connectivity index (χ2v) is 7.07. The van der Waals surface area contributed by atoms with Gasteiger partial charge >= 0.3 is 0 Å². The summed E-state index contributed by atoms with van der Waals surface area (Å²) in [7, 11) is 2.20. The van der Waals surface area contributed by atoms with E-state index in [1.807, 2.05) is 0 Å². The van der Waals surface area contributed by atoms with Gasteiger partial charge in [-0.25, -0.2) is 0 Å². The molecule has 0 N–H and O–H groups in total. The summed E-state index contributed by atoms with van der Waals surface area (Å²) in [5.41, 5.74) is 2.67. The molecule has 126 valence electrons. The molecule has 1 aliphatic rings. The zero-order chi connectivity index (χ0) is 16.7. The van der Waals surface area contributed by atoms with E-state index in [4.69, 9.17) is 4.74 Å². The van der Waals surface area contributed by atoms with Gasteiger partial charge in [-0.15, -0.1) is 0 Å². The Balaban J connectivity index is 1.79. The normalized spacial score (nSPS) is 18.6. The van der Waals surface area contributed by atoms with Gasteiger partial charge in [0.1, 0.15) is 0 Å². The quantitative estimate of drug-likeness (QED) is 0.764. The van der Waals surface area contributed by atoms with Crippen molar-refractivity contribution < 1.29 is 4.74 Å². The van der Waals surface area contributed by atoms with Crippen LogP contribution in [0.3, 0.4) is 0 Å². The molecule has 1 heterocycles. The topological polar surface area (TPSA) is 36.3 Å². The highest BCUT2D eigenvalue weighted by atomic mass is 16.5. The Hall–Kier alpha value is -1.37. The summed E-state index contributed by atoms with van der Waals surface area (Å²) in [5.74, 6) is 0. The van der Waals surface area contributed by atoms with Crippen molar-refractivity contribution >= 4 is 0 Å². The zero-order valence-electron chi connectivity index (χ0n) is 14.8. The van der Waals surface area contributed by atoms with Crippen molar-refractivity contribution in [2.75, 3.05) is 26.8 Å². The number of rotatable bonds is 7. The number of nitriles is 1. The van der Waals surface area contributed by atoms with Gasteiger partial charge in [-0.1, -0.05) is 24.3 Å². The van der Waals surface area contributed by atoms with Crippen LogP contribution in [-0.4, -0.2) is 37.7 Å². The standard InChI is InChI=1S/C20H30N2O/c1-17-7-4-5-8-19(17)15-18(2)22(3)12-6-9-20(16-21)10-13-23-14-11-20/h4-5,7-8,18H,6,9-15H2,1-3H3/t18-/m0/s1. The fourth-order valence-corrected chi connectivity index (χ4v) is 3.38. The molecule has 0 bridgehead atoms. The summed E-state index contributed by atoms with van der Waals surface area (Å²) in [5, 5.41) is 9.52. The van der Waals surface area contributed by atoms with Crippen LogP contribution in [0.5, 0.6) is 0 Å². The van der Waals surface area contributed by atoms with E-state index >= 15 is 0 Å². The van der Waals surface area contributed by atoms with E-state index in [-0.39, 0.29) is 5.41 Å². The minimum absolute atomic E-state index is 0.141. The number of ether oxygens (including phenoxy) is 1. The molecule has 0 amide bonds. The number of hydrogen-bond donors (Lipinski definition) is 0. The molecular weight excluding hydrogens is 284 g/mol. The molecule has 1 aromatic carbocycles. The molecule has 0 radical (unpaired) electrons. The highest BCUT2D eigenvalue weighted by Crippen LogP contribution is 2.34. The summed E-state index contributed by atoms with van der Waals surface area (Å²) in [4.78, 5) is 2.43. The average molecular weight is 314 g/mol. The van der Waals surface area contributed by atoms with E-state index in [0.717, 1.165) is 51.9 Å². The highest BCUT2D eigenvalue weighted by Gasteiger charge is 2.32. The predicted molar refractivity (Wildman–Crippen MR) is 94.3 cm³/mol. The van der Waals surface area contributed by atoms with Crippen LogP contribution >= 0.6 is 0 Å². The van der Waals surface area contributed by atoms with E-state index in [1.54, 1.807) is 0 Å². The van der Waals surface area contributed by atoms with Crippen molar-refractivity contribution in [3.05, 3.63) is 35.4 Å². The Kier molecular flexibility index (Phi) is 6.62. The van der Waals surface area contributed by atoms with Gasteiger partial charge < -0.3 is 9.64 Å². The summed E-state index contributed by atoms with van der Waals surface area (Å²) in [6.07, 6.45) is 4.95. The van der Waals surface area contributed by atoms with E-state index in [2.05, 4.69) is 56.1 Å². The van der Waals surface area contributed by atoms with Crippen molar-refractivity contribution in [3.63, 3.8) is 0 Å². The van der Waals surface area contributed by atoms with Crippen LogP contribution < -0.4 is 0 Å². The van der Waals surface area contributed by atoms with Crippen LogP contribution in [0, 0.1) is 23.7 Å². The summed E-state index contributed by atoms with van der Waals surface area (Å²) >= 11 is 0. The average Bonchev–Trinajstić information content (AvgIpc) is 2.57. The van der Waals surface area contributed by atoms with Crippen LogP contribution in [0.4, 0.5) is 0 Å². The monoisotopic (exact) mass is 314 g/mol. The number of hydrogen-bond acceptors (Lipinski definition) is 3. The Bertz CT molecular complexity index is 529. The fraction of sp³-hybridized carbons (Fsp3) is 0.650. The first-order chi connectivity index (χ1) is 11.1. The molecule has 1 saturated heterocycles. The second-order valence-electron chi connectivity index (χ2n) is 7.07.